The zero-order chi connectivity index (χ0) is 28.6. The second-order valence-electron chi connectivity index (χ2n) is 10.1. The molecular weight excluding hydrogens is 510 g/mol. The Labute approximate surface area is 232 Å². The molecule has 0 spiro atoms. The fourth-order valence-electron chi connectivity index (χ4n) is 4.36. The first-order chi connectivity index (χ1) is 18.5. The van der Waals surface area contributed by atoms with Gasteiger partial charge in [-0.15, -0.1) is 0 Å². The molecule has 0 aliphatic heterocycles. The highest BCUT2D eigenvalue weighted by atomic mass is 32.2. The van der Waals surface area contributed by atoms with Crippen molar-refractivity contribution in [2.45, 2.75) is 59.2 Å². The van der Waals surface area contributed by atoms with Crippen LogP contribution in [0.15, 0.2) is 78.9 Å². The highest BCUT2D eigenvalue weighted by Gasteiger charge is 2.33. The molecule has 0 saturated carbocycles. The van der Waals surface area contributed by atoms with E-state index in [1.54, 1.807) is 6.07 Å². The van der Waals surface area contributed by atoms with E-state index in [1.165, 1.54) is 4.90 Å². The molecule has 0 aliphatic rings. The summed E-state index contributed by atoms with van der Waals surface area (Å²) in [5, 5.41) is 3.04. The quantitative estimate of drug-likeness (QED) is 0.357. The Morgan fingerprint density at radius 1 is 0.897 bits per heavy atom. The van der Waals surface area contributed by atoms with Gasteiger partial charge in [-0.05, 0) is 55.5 Å². The number of carbonyl (C=O) groups excluding carboxylic acids is 2. The van der Waals surface area contributed by atoms with Gasteiger partial charge in [-0.1, -0.05) is 79.7 Å². The van der Waals surface area contributed by atoms with E-state index >= 15 is 0 Å². The van der Waals surface area contributed by atoms with Crippen molar-refractivity contribution in [2.24, 2.45) is 0 Å². The van der Waals surface area contributed by atoms with E-state index in [0.717, 1.165) is 39.2 Å². The highest BCUT2D eigenvalue weighted by molar-refractivity contribution is 7.92. The van der Waals surface area contributed by atoms with Crippen molar-refractivity contribution in [1.82, 2.24) is 10.2 Å². The number of rotatable bonds is 12. The summed E-state index contributed by atoms with van der Waals surface area (Å²) in [6.45, 7) is 7.34. The molecule has 208 valence electrons. The average molecular weight is 550 g/mol. The lowest BCUT2D eigenvalue weighted by Gasteiger charge is -2.34. The topological polar surface area (TPSA) is 86.8 Å². The third-order valence-corrected chi connectivity index (χ3v) is 7.91. The van der Waals surface area contributed by atoms with Gasteiger partial charge in [-0.3, -0.25) is 13.9 Å². The van der Waals surface area contributed by atoms with Crippen molar-refractivity contribution in [3.63, 3.8) is 0 Å². The molecule has 3 aromatic rings. The Hall–Kier alpha value is -3.65. The van der Waals surface area contributed by atoms with Crippen molar-refractivity contribution in [3.05, 3.63) is 101 Å². The van der Waals surface area contributed by atoms with Gasteiger partial charge in [0, 0.05) is 19.0 Å². The molecule has 2 amide bonds. The molecule has 7 nitrogen and oxygen atoms in total. The number of aryl methyl sites for hydroxylation is 2. The number of anilines is 1. The first kappa shape index (κ1) is 29.9. The van der Waals surface area contributed by atoms with E-state index in [-0.39, 0.29) is 18.5 Å². The van der Waals surface area contributed by atoms with Gasteiger partial charge in [0.1, 0.15) is 12.6 Å². The Kier molecular flexibility index (Phi) is 10.3. The Balaban J connectivity index is 2.06. The number of amides is 2. The molecule has 0 heterocycles. The summed E-state index contributed by atoms with van der Waals surface area (Å²) >= 11 is 0. The molecule has 39 heavy (non-hydrogen) atoms. The summed E-state index contributed by atoms with van der Waals surface area (Å²) in [4.78, 5) is 29.3. The minimum atomic E-state index is -3.80. The summed E-state index contributed by atoms with van der Waals surface area (Å²) in [6.07, 6.45) is 2.13. The Morgan fingerprint density at radius 3 is 2.05 bits per heavy atom. The Morgan fingerprint density at radius 2 is 1.49 bits per heavy atom. The van der Waals surface area contributed by atoms with Crippen LogP contribution >= 0.6 is 0 Å². The van der Waals surface area contributed by atoms with Gasteiger partial charge >= 0.3 is 0 Å². The molecule has 0 fully saturated rings. The lowest BCUT2D eigenvalue weighted by atomic mass is 10.0. The van der Waals surface area contributed by atoms with E-state index in [1.807, 2.05) is 100 Å². The fourth-order valence-corrected chi connectivity index (χ4v) is 5.26. The van der Waals surface area contributed by atoms with Crippen molar-refractivity contribution >= 4 is 27.5 Å². The summed E-state index contributed by atoms with van der Waals surface area (Å²) in [5.41, 5.74) is 3.82. The lowest BCUT2D eigenvalue weighted by Crippen LogP contribution is -2.54. The molecule has 0 aromatic heterocycles. The normalized spacial score (nSPS) is 12.8. The zero-order valence-electron chi connectivity index (χ0n) is 23.4. The van der Waals surface area contributed by atoms with Gasteiger partial charge in [0.2, 0.25) is 21.8 Å². The van der Waals surface area contributed by atoms with Crippen LogP contribution in [0.4, 0.5) is 5.69 Å². The van der Waals surface area contributed by atoms with Gasteiger partial charge in [0.05, 0.1) is 11.9 Å². The van der Waals surface area contributed by atoms with E-state index in [2.05, 4.69) is 5.32 Å². The minimum Gasteiger partial charge on any atom is -0.352 e. The number of sulfonamides is 1. The molecule has 3 aromatic carbocycles. The van der Waals surface area contributed by atoms with Crippen LogP contribution in [0.5, 0.6) is 0 Å². The lowest BCUT2D eigenvalue weighted by molar-refractivity contribution is -0.140. The van der Waals surface area contributed by atoms with E-state index in [0.29, 0.717) is 12.1 Å². The maximum atomic E-state index is 14.1. The standard InChI is InChI=1S/C31H39N3O4S/c1-6-25(4)32-31(36)29(20-26-13-9-7-10-14-26)33(21-27-15-11-8-12-16-27)30(35)22-34(39(5,37)38)28-19-23(2)17-18-24(28)3/h7-19,25,29H,6,20-22H2,1-5H3,(H,32,36)/t25-,29+/m1/s1. The molecule has 8 heteroatoms. The van der Waals surface area contributed by atoms with Gasteiger partial charge in [0.25, 0.3) is 0 Å². The maximum absolute atomic E-state index is 14.1. The molecule has 0 unspecified atom stereocenters. The van der Waals surface area contributed by atoms with Crippen LogP contribution in [0.25, 0.3) is 0 Å². The minimum absolute atomic E-state index is 0.0769. The summed E-state index contributed by atoms with van der Waals surface area (Å²) in [6, 6.07) is 23.6. The number of nitrogens with zero attached hydrogens (tertiary/aromatic N) is 2. The average Bonchev–Trinajstić information content (AvgIpc) is 2.91. The molecule has 0 bridgehead atoms. The summed E-state index contributed by atoms with van der Waals surface area (Å²) in [5.74, 6) is -0.722. The molecule has 0 aliphatic carbocycles. The second kappa shape index (κ2) is 13.4. The van der Waals surface area contributed by atoms with Crippen LogP contribution in [0.3, 0.4) is 0 Å². The van der Waals surface area contributed by atoms with Crippen molar-refractivity contribution in [3.8, 4) is 0 Å². The summed E-state index contributed by atoms with van der Waals surface area (Å²) in [7, 11) is -3.80. The SMILES string of the molecule is CC[C@@H](C)NC(=O)[C@H](Cc1ccccc1)N(Cc1ccccc1)C(=O)CN(c1cc(C)ccc1C)S(C)(=O)=O. The smallest absolute Gasteiger partial charge is 0.244 e. The molecule has 2 atom stereocenters. The van der Waals surface area contributed by atoms with Crippen molar-refractivity contribution in [2.75, 3.05) is 17.1 Å². The molecule has 0 saturated heterocycles. The van der Waals surface area contributed by atoms with Gasteiger partial charge in [0.15, 0.2) is 0 Å². The van der Waals surface area contributed by atoms with Gasteiger partial charge in [-0.25, -0.2) is 8.42 Å². The van der Waals surface area contributed by atoms with Crippen LogP contribution in [0, 0.1) is 13.8 Å². The monoisotopic (exact) mass is 549 g/mol. The molecule has 0 radical (unpaired) electrons. The van der Waals surface area contributed by atoms with E-state index in [9.17, 15) is 18.0 Å². The number of hydrogen-bond donors (Lipinski definition) is 1. The third-order valence-electron chi connectivity index (χ3n) is 6.78. The number of benzene rings is 3. The molecule has 1 N–H and O–H groups in total. The maximum Gasteiger partial charge on any atom is 0.244 e. The number of carbonyl (C=O) groups is 2. The Bertz CT molecular complexity index is 1360. The molecular formula is C31H39N3O4S. The fraction of sp³-hybridized carbons (Fsp3) is 0.355. The third kappa shape index (κ3) is 8.42. The van der Waals surface area contributed by atoms with Crippen molar-refractivity contribution < 1.29 is 18.0 Å². The van der Waals surface area contributed by atoms with Crippen LogP contribution in [0.1, 0.15) is 42.5 Å². The van der Waals surface area contributed by atoms with Crippen LogP contribution < -0.4 is 9.62 Å². The first-order valence-electron chi connectivity index (χ1n) is 13.2. The van der Waals surface area contributed by atoms with Crippen LogP contribution in [-0.4, -0.2) is 50.0 Å². The number of hydrogen-bond acceptors (Lipinski definition) is 4. The number of nitrogens with one attached hydrogen (secondary N) is 1. The van der Waals surface area contributed by atoms with Gasteiger partial charge in [-0.2, -0.15) is 0 Å². The predicted molar refractivity (Wildman–Crippen MR) is 157 cm³/mol. The summed E-state index contributed by atoms with van der Waals surface area (Å²) < 4.78 is 27.1. The highest BCUT2D eigenvalue weighted by Crippen LogP contribution is 2.25. The van der Waals surface area contributed by atoms with E-state index in [4.69, 9.17) is 0 Å². The first-order valence-corrected chi connectivity index (χ1v) is 15.1. The molecule has 3 rings (SSSR count). The predicted octanol–water partition coefficient (Wildman–Crippen LogP) is 4.62. The van der Waals surface area contributed by atoms with Crippen LogP contribution in [0.2, 0.25) is 0 Å². The second-order valence-corrected chi connectivity index (χ2v) is 12.0. The van der Waals surface area contributed by atoms with E-state index < -0.39 is 28.5 Å². The van der Waals surface area contributed by atoms with Gasteiger partial charge < -0.3 is 10.2 Å². The van der Waals surface area contributed by atoms with Crippen molar-refractivity contribution in [1.29, 1.82) is 0 Å². The van der Waals surface area contributed by atoms with Crippen LogP contribution in [-0.2, 0) is 32.6 Å². The zero-order valence-corrected chi connectivity index (χ0v) is 24.2. The largest absolute Gasteiger partial charge is 0.352 e.